The average Bonchev–Trinajstić information content (AvgIpc) is 2.73. The Morgan fingerprint density at radius 1 is 1.27 bits per heavy atom. The van der Waals surface area contributed by atoms with Crippen molar-refractivity contribution in [1.82, 2.24) is 5.32 Å². The van der Waals surface area contributed by atoms with Crippen molar-refractivity contribution in [2.24, 2.45) is 10.9 Å². The van der Waals surface area contributed by atoms with E-state index in [9.17, 15) is 21.6 Å². The number of hydrogen-bond donors (Lipinski definition) is 2. The monoisotopic (exact) mass is 403 g/mol. The Morgan fingerprint density at radius 2 is 1.96 bits per heavy atom. The molecule has 0 spiro atoms. The van der Waals surface area contributed by atoms with E-state index in [1.807, 2.05) is 0 Å². The predicted octanol–water partition coefficient (Wildman–Crippen LogP) is -0.422. The molecule has 12 heteroatoms. The molecule has 0 saturated heterocycles. The molecule has 142 valence electrons. The van der Waals surface area contributed by atoms with Crippen LogP contribution in [-0.4, -0.2) is 47.8 Å². The lowest BCUT2D eigenvalue weighted by Crippen LogP contribution is -2.38. The zero-order chi connectivity index (χ0) is 19.5. The highest BCUT2D eigenvalue weighted by Gasteiger charge is 2.22. The second-order valence-corrected chi connectivity index (χ2v) is 8.97. The standard InChI is InChI=1S/C14H17N3O7S2/c1-25(19,20)11-5-3-4-9-8-10(6-7-23-12(9)11)13(18)16-14(15)17-24-26(2,21)22/h3-5,8H,6-7H2,1-2H3,(H3,15,16,17,18). The first-order chi connectivity index (χ1) is 12.0. The van der Waals surface area contributed by atoms with Gasteiger partial charge in [-0.15, -0.1) is 0 Å². The van der Waals surface area contributed by atoms with Crippen LogP contribution in [0.1, 0.15) is 12.0 Å². The minimum absolute atomic E-state index is 0.0236. The molecule has 2 rings (SSSR count). The van der Waals surface area contributed by atoms with Gasteiger partial charge in [-0.3, -0.25) is 14.4 Å². The molecular formula is C14H17N3O7S2. The van der Waals surface area contributed by atoms with Crippen molar-refractivity contribution >= 4 is 37.9 Å². The van der Waals surface area contributed by atoms with Gasteiger partial charge in [0.1, 0.15) is 10.6 Å². The van der Waals surface area contributed by atoms with Gasteiger partial charge in [0.25, 0.3) is 5.91 Å². The quantitative estimate of drug-likeness (QED) is 0.390. The average molecular weight is 403 g/mol. The SMILES string of the molecule is CS(=O)(=O)ON=C(N)NC(=O)C1=Cc2cccc(S(C)(=O)=O)c2OCC1. The number of amides is 1. The number of nitrogens with one attached hydrogen (secondary N) is 1. The molecule has 1 aliphatic rings. The summed E-state index contributed by atoms with van der Waals surface area (Å²) >= 11 is 0. The topological polar surface area (TPSA) is 154 Å². The van der Waals surface area contributed by atoms with Crippen LogP contribution in [0.3, 0.4) is 0 Å². The Kier molecular flexibility index (Phi) is 5.56. The molecule has 26 heavy (non-hydrogen) atoms. The van der Waals surface area contributed by atoms with Gasteiger partial charge >= 0.3 is 10.1 Å². The third-order valence-corrected chi connectivity index (χ3v) is 4.63. The molecule has 0 saturated carbocycles. The van der Waals surface area contributed by atoms with E-state index in [1.165, 1.54) is 18.2 Å². The Morgan fingerprint density at radius 3 is 2.58 bits per heavy atom. The normalized spacial score (nSPS) is 15.2. The van der Waals surface area contributed by atoms with E-state index < -0.39 is 31.8 Å². The minimum Gasteiger partial charge on any atom is -0.491 e. The summed E-state index contributed by atoms with van der Waals surface area (Å²) in [6.45, 7) is 0.0652. The summed E-state index contributed by atoms with van der Waals surface area (Å²) < 4.78 is 55.0. The van der Waals surface area contributed by atoms with Crippen molar-refractivity contribution in [3.63, 3.8) is 0 Å². The fourth-order valence-corrected chi connectivity index (χ4v) is 3.18. The summed E-state index contributed by atoms with van der Waals surface area (Å²) in [5.41, 5.74) is 6.05. The van der Waals surface area contributed by atoms with Crippen LogP contribution < -0.4 is 15.8 Å². The van der Waals surface area contributed by atoms with Crippen LogP contribution in [0.25, 0.3) is 6.08 Å². The maximum Gasteiger partial charge on any atom is 0.325 e. The number of oxime groups is 1. The number of para-hydroxylation sites is 1. The minimum atomic E-state index is -3.85. The zero-order valence-corrected chi connectivity index (χ0v) is 15.6. The largest absolute Gasteiger partial charge is 0.491 e. The van der Waals surface area contributed by atoms with Crippen LogP contribution >= 0.6 is 0 Å². The number of benzene rings is 1. The Bertz CT molecular complexity index is 995. The Balaban J connectivity index is 2.29. The lowest BCUT2D eigenvalue weighted by atomic mass is 10.1. The van der Waals surface area contributed by atoms with E-state index in [0.29, 0.717) is 5.56 Å². The van der Waals surface area contributed by atoms with E-state index >= 15 is 0 Å². The molecule has 1 heterocycles. The van der Waals surface area contributed by atoms with Crippen LogP contribution in [-0.2, 0) is 29.0 Å². The molecule has 0 fully saturated rings. The van der Waals surface area contributed by atoms with Gasteiger partial charge in [-0.25, -0.2) is 8.42 Å². The molecule has 0 aromatic heterocycles. The van der Waals surface area contributed by atoms with E-state index in [2.05, 4.69) is 14.8 Å². The molecule has 0 aliphatic carbocycles. The van der Waals surface area contributed by atoms with Gasteiger partial charge in [0.15, 0.2) is 9.84 Å². The highest BCUT2D eigenvalue weighted by molar-refractivity contribution is 7.90. The second-order valence-electron chi connectivity index (χ2n) is 5.42. The van der Waals surface area contributed by atoms with Gasteiger partial charge in [0.05, 0.1) is 12.9 Å². The fraction of sp³-hybridized carbons (Fsp3) is 0.286. The highest BCUT2D eigenvalue weighted by Crippen LogP contribution is 2.32. The summed E-state index contributed by atoms with van der Waals surface area (Å²) in [6.07, 6.45) is 3.47. The number of sulfone groups is 1. The van der Waals surface area contributed by atoms with Gasteiger partial charge in [0, 0.05) is 23.8 Å². The van der Waals surface area contributed by atoms with Crippen LogP contribution in [0.4, 0.5) is 0 Å². The first-order valence-corrected chi connectivity index (χ1v) is 10.9. The van der Waals surface area contributed by atoms with Crippen LogP contribution in [0.15, 0.2) is 33.8 Å². The number of guanidine groups is 1. The lowest BCUT2D eigenvalue weighted by Gasteiger charge is -2.10. The first-order valence-electron chi connectivity index (χ1n) is 7.17. The summed E-state index contributed by atoms with van der Waals surface area (Å²) in [5.74, 6) is -1.03. The van der Waals surface area contributed by atoms with Crippen LogP contribution in [0.2, 0.25) is 0 Å². The number of nitrogens with zero attached hydrogens (tertiary/aromatic N) is 1. The number of carbonyl (C=O) groups is 1. The summed E-state index contributed by atoms with van der Waals surface area (Å²) in [4.78, 5) is 12.3. The molecule has 0 radical (unpaired) electrons. The second kappa shape index (κ2) is 7.33. The van der Waals surface area contributed by atoms with Crippen molar-refractivity contribution in [2.45, 2.75) is 11.3 Å². The predicted molar refractivity (Wildman–Crippen MR) is 93.3 cm³/mol. The molecule has 1 aromatic rings. The van der Waals surface area contributed by atoms with E-state index in [4.69, 9.17) is 10.5 Å². The van der Waals surface area contributed by atoms with Gasteiger partial charge in [-0.05, 0) is 17.3 Å². The summed E-state index contributed by atoms with van der Waals surface area (Å²) in [6, 6.07) is 4.55. The Labute approximate surface area is 150 Å². The molecular weight excluding hydrogens is 386 g/mol. The van der Waals surface area contributed by atoms with Gasteiger partial charge in [0.2, 0.25) is 5.96 Å². The van der Waals surface area contributed by atoms with E-state index in [1.54, 1.807) is 6.07 Å². The van der Waals surface area contributed by atoms with Gasteiger partial charge < -0.3 is 10.5 Å². The summed E-state index contributed by atoms with van der Waals surface area (Å²) in [5, 5.41) is 5.26. The van der Waals surface area contributed by atoms with Crippen molar-refractivity contribution in [1.29, 1.82) is 0 Å². The van der Waals surface area contributed by atoms with Crippen molar-refractivity contribution in [3.8, 4) is 5.75 Å². The number of hydrogen-bond acceptors (Lipinski definition) is 8. The maximum absolute atomic E-state index is 12.3. The smallest absolute Gasteiger partial charge is 0.325 e. The van der Waals surface area contributed by atoms with Crippen LogP contribution in [0.5, 0.6) is 5.75 Å². The van der Waals surface area contributed by atoms with E-state index in [-0.39, 0.29) is 29.2 Å². The number of rotatable bonds is 4. The third-order valence-electron chi connectivity index (χ3n) is 3.16. The van der Waals surface area contributed by atoms with Gasteiger partial charge in [-0.1, -0.05) is 12.1 Å². The summed E-state index contributed by atoms with van der Waals surface area (Å²) in [7, 11) is -7.36. The van der Waals surface area contributed by atoms with Crippen molar-refractivity contribution in [3.05, 3.63) is 29.3 Å². The maximum atomic E-state index is 12.3. The number of fused-ring (bicyclic) bond motifs is 1. The van der Waals surface area contributed by atoms with Crippen LogP contribution in [0, 0.1) is 0 Å². The molecule has 1 aliphatic heterocycles. The molecule has 0 bridgehead atoms. The number of nitrogens with two attached hydrogens (primary N) is 1. The Hall–Kier alpha value is -2.60. The van der Waals surface area contributed by atoms with Crippen molar-refractivity contribution in [2.75, 3.05) is 19.1 Å². The molecule has 1 amide bonds. The van der Waals surface area contributed by atoms with Gasteiger partial charge in [-0.2, -0.15) is 8.42 Å². The zero-order valence-electron chi connectivity index (χ0n) is 13.9. The fourth-order valence-electron chi connectivity index (χ4n) is 2.12. The molecule has 3 N–H and O–H groups in total. The molecule has 0 unspecified atom stereocenters. The molecule has 1 aromatic carbocycles. The van der Waals surface area contributed by atoms with E-state index in [0.717, 1.165) is 12.5 Å². The first kappa shape index (κ1) is 19.7. The number of carbonyl (C=O) groups excluding carboxylic acids is 1. The third kappa shape index (κ3) is 5.20. The molecule has 10 nitrogen and oxygen atoms in total. The highest BCUT2D eigenvalue weighted by atomic mass is 32.2. The number of ether oxygens (including phenoxy) is 1. The van der Waals surface area contributed by atoms with Crippen molar-refractivity contribution < 1.29 is 30.7 Å². The molecule has 0 atom stereocenters. The lowest BCUT2D eigenvalue weighted by molar-refractivity contribution is -0.116.